The lowest BCUT2D eigenvalue weighted by Crippen LogP contribution is -2.21. The largest absolute Gasteiger partial charge is 0.462 e. The van der Waals surface area contributed by atoms with Crippen LogP contribution < -0.4 is 5.01 Å². The molecule has 4 nitrogen and oxygen atoms in total. The first-order valence-electron chi connectivity index (χ1n) is 6.59. The molecule has 1 aromatic carbocycles. The summed E-state index contributed by atoms with van der Waals surface area (Å²) >= 11 is 5.75. The van der Waals surface area contributed by atoms with Crippen LogP contribution in [0.1, 0.15) is 18.4 Å². The monoisotopic (exact) mass is 318 g/mol. The Labute approximate surface area is 131 Å². The molecule has 0 saturated carbocycles. The van der Waals surface area contributed by atoms with Gasteiger partial charge in [-0.3, -0.25) is 4.79 Å². The van der Waals surface area contributed by atoms with Crippen molar-refractivity contribution < 1.29 is 13.6 Å². The van der Waals surface area contributed by atoms with Gasteiger partial charge in [0.2, 0.25) is 0 Å². The molecule has 0 fully saturated rings. The van der Waals surface area contributed by atoms with Crippen molar-refractivity contribution in [2.24, 2.45) is 5.10 Å². The Kier molecular flexibility index (Phi) is 3.58. The lowest BCUT2D eigenvalue weighted by molar-refractivity contribution is -0.114. The Morgan fingerprint density at radius 1 is 1.27 bits per heavy atom. The number of hydrazone groups is 1. The van der Waals surface area contributed by atoms with E-state index in [1.807, 2.05) is 13.0 Å². The van der Waals surface area contributed by atoms with Crippen LogP contribution in [-0.2, 0) is 4.79 Å². The number of hydrogen-bond acceptors (Lipinski definition) is 3. The highest BCUT2D eigenvalue weighted by Gasteiger charge is 2.29. The highest BCUT2D eigenvalue weighted by atomic mass is 35.5. The van der Waals surface area contributed by atoms with Crippen molar-refractivity contribution in [3.05, 3.63) is 58.3 Å². The third kappa shape index (κ3) is 2.55. The second-order valence-corrected chi connectivity index (χ2v) is 5.31. The Morgan fingerprint density at radius 3 is 2.68 bits per heavy atom. The molecule has 6 heteroatoms. The lowest BCUT2D eigenvalue weighted by Gasteiger charge is -2.12. The van der Waals surface area contributed by atoms with E-state index in [1.54, 1.807) is 19.1 Å². The molecule has 0 saturated heterocycles. The molecule has 112 valence electrons. The SMILES string of the molecule is CC1=NN(c2ccc(F)c(Cl)c2)C(=O)/C1=C\c1ccc(C)o1. The molecule has 1 amide bonds. The Balaban J connectivity index is 1.96. The van der Waals surface area contributed by atoms with Gasteiger partial charge in [-0.2, -0.15) is 10.1 Å². The van der Waals surface area contributed by atoms with E-state index in [2.05, 4.69) is 5.10 Å². The van der Waals surface area contributed by atoms with E-state index in [1.165, 1.54) is 23.2 Å². The van der Waals surface area contributed by atoms with Crippen LogP contribution in [0.5, 0.6) is 0 Å². The van der Waals surface area contributed by atoms with Gasteiger partial charge in [-0.25, -0.2) is 4.39 Å². The first-order valence-corrected chi connectivity index (χ1v) is 6.97. The summed E-state index contributed by atoms with van der Waals surface area (Å²) in [7, 11) is 0. The number of halogens is 2. The second kappa shape index (κ2) is 5.42. The molecule has 3 rings (SSSR count). The molecule has 1 aromatic heterocycles. The quantitative estimate of drug-likeness (QED) is 0.779. The minimum absolute atomic E-state index is 0.0581. The molecular formula is C16H12ClFN2O2. The topological polar surface area (TPSA) is 45.8 Å². The molecule has 0 bridgehead atoms. The predicted octanol–water partition coefficient (Wildman–Crippen LogP) is 4.19. The Bertz CT molecular complexity index is 823. The molecule has 1 aliphatic rings. The number of carbonyl (C=O) groups excluding carboxylic acids is 1. The standard InChI is InChI=1S/C16H12ClFN2O2/c1-9-3-5-12(22-9)8-13-10(2)19-20(16(13)21)11-4-6-15(18)14(17)7-11/h3-8H,1-2H3/b13-8-. The van der Waals surface area contributed by atoms with E-state index >= 15 is 0 Å². The van der Waals surface area contributed by atoms with Gasteiger partial charge in [0.25, 0.3) is 5.91 Å². The zero-order chi connectivity index (χ0) is 15.9. The number of rotatable bonds is 2. The van der Waals surface area contributed by atoms with Crippen LogP contribution in [-0.4, -0.2) is 11.6 Å². The normalized spacial score (nSPS) is 16.5. The van der Waals surface area contributed by atoms with Crippen molar-refractivity contribution in [3.63, 3.8) is 0 Å². The van der Waals surface area contributed by atoms with Crippen molar-refractivity contribution >= 4 is 35.0 Å². The smallest absolute Gasteiger partial charge is 0.280 e. The van der Waals surface area contributed by atoms with Crippen LogP contribution >= 0.6 is 11.6 Å². The van der Waals surface area contributed by atoms with Gasteiger partial charge in [0, 0.05) is 0 Å². The number of carbonyl (C=O) groups is 1. The number of anilines is 1. The molecule has 2 heterocycles. The molecule has 0 unspecified atom stereocenters. The number of aryl methyl sites for hydroxylation is 1. The number of furan rings is 1. The van der Waals surface area contributed by atoms with Crippen molar-refractivity contribution in [1.29, 1.82) is 0 Å². The van der Waals surface area contributed by atoms with Gasteiger partial charge < -0.3 is 4.42 Å². The van der Waals surface area contributed by atoms with Gasteiger partial charge in [0.15, 0.2) is 0 Å². The van der Waals surface area contributed by atoms with Crippen molar-refractivity contribution in [2.75, 3.05) is 5.01 Å². The van der Waals surface area contributed by atoms with Crippen LogP contribution in [0.15, 0.2) is 45.4 Å². The van der Waals surface area contributed by atoms with Gasteiger partial charge in [0.05, 0.1) is 22.0 Å². The zero-order valence-electron chi connectivity index (χ0n) is 11.9. The highest BCUT2D eigenvalue weighted by molar-refractivity contribution is 6.33. The van der Waals surface area contributed by atoms with E-state index in [4.69, 9.17) is 16.0 Å². The number of amides is 1. The van der Waals surface area contributed by atoms with E-state index in [-0.39, 0.29) is 10.9 Å². The number of benzene rings is 1. The molecule has 2 aromatic rings. The van der Waals surface area contributed by atoms with Crippen molar-refractivity contribution in [3.8, 4) is 0 Å². The van der Waals surface area contributed by atoms with E-state index in [0.29, 0.717) is 22.7 Å². The maximum atomic E-state index is 13.2. The molecule has 0 aliphatic carbocycles. The molecular weight excluding hydrogens is 307 g/mol. The molecule has 0 spiro atoms. The first kappa shape index (κ1) is 14.5. The minimum Gasteiger partial charge on any atom is -0.462 e. The molecule has 0 radical (unpaired) electrons. The molecule has 1 aliphatic heterocycles. The summed E-state index contributed by atoms with van der Waals surface area (Å²) in [5.74, 6) is 0.484. The van der Waals surface area contributed by atoms with Gasteiger partial charge in [-0.05, 0) is 50.3 Å². The summed E-state index contributed by atoms with van der Waals surface area (Å²) in [4.78, 5) is 12.5. The minimum atomic E-state index is -0.542. The summed E-state index contributed by atoms with van der Waals surface area (Å²) in [5.41, 5.74) is 1.39. The fourth-order valence-electron chi connectivity index (χ4n) is 2.15. The van der Waals surface area contributed by atoms with Crippen LogP contribution in [0.3, 0.4) is 0 Å². The van der Waals surface area contributed by atoms with Gasteiger partial charge >= 0.3 is 0 Å². The second-order valence-electron chi connectivity index (χ2n) is 4.91. The van der Waals surface area contributed by atoms with Crippen LogP contribution in [0.2, 0.25) is 5.02 Å². The van der Waals surface area contributed by atoms with Gasteiger partial charge in [-0.15, -0.1) is 0 Å². The summed E-state index contributed by atoms with van der Waals surface area (Å²) in [6.07, 6.45) is 1.64. The van der Waals surface area contributed by atoms with E-state index in [0.717, 1.165) is 5.76 Å². The maximum Gasteiger partial charge on any atom is 0.280 e. The third-order valence-electron chi connectivity index (χ3n) is 3.26. The van der Waals surface area contributed by atoms with Crippen LogP contribution in [0, 0.1) is 12.7 Å². The first-order chi connectivity index (χ1) is 10.5. The van der Waals surface area contributed by atoms with Crippen molar-refractivity contribution in [1.82, 2.24) is 0 Å². The van der Waals surface area contributed by atoms with Crippen molar-refractivity contribution in [2.45, 2.75) is 13.8 Å². The van der Waals surface area contributed by atoms with E-state index in [9.17, 15) is 9.18 Å². The zero-order valence-corrected chi connectivity index (χ0v) is 12.7. The summed E-state index contributed by atoms with van der Waals surface area (Å²) in [5, 5.41) is 5.34. The van der Waals surface area contributed by atoms with Crippen LogP contribution in [0.4, 0.5) is 10.1 Å². The third-order valence-corrected chi connectivity index (χ3v) is 3.55. The summed E-state index contributed by atoms with van der Waals surface area (Å²) in [6.45, 7) is 3.55. The predicted molar refractivity (Wildman–Crippen MR) is 83.4 cm³/mol. The molecule has 0 atom stereocenters. The maximum absolute atomic E-state index is 13.2. The number of hydrogen-bond donors (Lipinski definition) is 0. The molecule has 0 N–H and O–H groups in total. The average Bonchev–Trinajstić information content (AvgIpc) is 3.00. The van der Waals surface area contributed by atoms with E-state index < -0.39 is 5.82 Å². The lowest BCUT2D eigenvalue weighted by atomic mass is 10.1. The van der Waals surface area contributed by atoms with Crippen LogP contribution in [0.25, 0.3) is 6.08 Å². The highest BCUT2D eigenvalue weighted by Crippen LogP contribution is 2.28. The summed E-state index contributed by atoms with van der Waals surface area (Å²) in [6, 6.07) is 7.62. The fourth-order valence-corrected chi connectivity index (χ4v) is 2.32. The Hall–Kier alpha value is -2.40. The van der Waals surface area contributed by atoms with Gasteiger partial charge in [0.1, 0.15) is 17.3 Å². The average molecular weight is 319 g/mol. The fraction of sp³-hybridized carbons (Fsp3) is 0.125. The summed E-state index contributed by atoms with van der Waals surface area (Å²) < 4.78 is 18.7. The molecule has 22 heavy (non-hydrogen) atoms. The number of nitrogens with zero attached hydrogens (tertiary/aromatic N) is 2. The Morgan fingerprint density at radius 2 is 2.05 bits per heavy atom. The van der Waals surface area contributed by atoms with Gasteiger partial charge in [-0.1, -0.05) is 11.6 Å².